The molecule has 0 saturated carbocycles. The third-order valence-corrected chi connectivity index (χ3v) is 5.80. The predicted molar refractivity (Wildman–Crippen MR) is 110 cm³/mol. The van der Waals surface area contributed by atoms with E-state index in [9.17, 15) is 0 Å². The fraction of sp³-hybridized carbons (Fsp3) is 0.421. The first-order chi connectivity index (χ1) is 13.8. The standard InChI is InChI=1S/C19H21BrN6O2/c20-16-17(24-5-9-27-10-6-24)22-19(25-7-11-28-12-8-25)23-18(16)26-13-21-14-3-1-2-4-15(14)26/h1-4,13H,5-12H2. The third-order valence-electron chi connectivity index (χ3n) is 5.09. The lowest BCUT2D eigenvalue weighted by molar-refractivity contribution is 0.121. The van der Waals surface area contributed by atoms with Crippen LogP contribution in [0.1, 0.15) is 0 Å². The summed E-state index contributed by atoms with van der Waals surface area (Å²) in [5.41, 5.74) is 1.96. The molecule has 0 bridgehead atoms. The zero-order valence-electron chi connectivity index (χ0n) is 15.4. The van der Waals surface area contributed by atoms with Crippen molar-refractivity contribution in [2.24, 2.45) is 0 Å². The van der Waals surface area contributed by atoms with E-state index in [1.807, 2.05) is 29.1 Å². The average molecular weight is 445 g/mol. The van der Waals surface area contributed by atoms with Crippen molar-refractivity contribution < 1.29 is 9.47 Å². The highest BCUT2D eigenvalue weighted by Gasteiger charge is 2.24. The minimum absolute atomic E-state index is 0.690. The molecule has 0 atom stereocenters. The van der Waals surface area contributed by atoms with Crippen LogP contribution in [0.4, 0.5) is 11.8 Å². The smallest absolute Gasteiger partial charge is 0.229 e. The van der Waals surface area contributed by atoms with Crippen molar-refractivity contribution in [3.63, 3.8) is 0 Å². The summed E-state index contributed by atoms with van der Waals surface area (Å²) >= 11 is 3.78. The molecule has 0 amide bonds. The van der Waals surface area contributed by atoms with Gasteiger partial charge in [-0.15, -0.1) is 0 Å². The number of halogens is 1. The molecule has 0 spiro atoms. The molecule has 8 nitrogen and oxygen atoms in total. The second kappa shape index (κ2) is 7.65. The van der Waals surface area contributed by atoms with Crippen molar-refractivity contribution in [1.29, 1.82) is 0 Å². The Morgan fingerprint density at radius 2 is 1.46 bits per heavy atom. The number of imidazole rings is 1. The Morgan fingerprint density at radius 3 is 2.21 bits per heavy atom. The van der Waals surface area contributed by atoms with Gasteiger partial charge in [-0.3, -0.25) is 4.57 Å². The highest BCUT2D eigenvalue weighted by atomic mass is 79.9. The van der Waals surface area contributed by atoms with Crippen LogP contribution in [0, 0.1) is 0 Å². The third kappa shape index (κ3) is 3.23. The Hall–Kier alpha value is -2.23. The van der Waals surface area contributed by atoms with Crippen LogP contribution in [-0.2, 0) is 9.47 Å². The van der Waals surface area contributed by atoms with Gasteiger partial charge in [0.25, 0.3) is 0 Å². The van der Waals surface area contributed by atoms with Gasteiger partial charge < -0.3 is 19.3 Å². The average Bonchev–Trinajstić information content (AvgIpc) is 3.19. The molecule has 28 heavy (non-hydrogen) atoms. The summed E-state index contributed by atoms with van der Waals surface area (Å²) in [7, 11) is 0. The van der Waals surface area contributed by atoms with E-state index in [1.54, 1.807) is 0 Å². The summed E-state index contributed by atoms with van der Waals surface area (Å²) in [5.74, 6) is 2.42. The van der Waals surface area contributed by atoms with Crippen LogP contribution in [0.2, 0.25) is 0 Å². The van der Waals surface area contributed by atoms with Crippen molar-refractivity contribution >= 4 is 38.7 Å². The highest BCUT2D eigenvalue weighted by molar-refractivity contribution is 9.10. The van der Waals surface area contributed by atoms with Gasteiger partial charge in [-0.1, -0.05) is 12.1 Å². The number of benzene rings is 1. The molecule has 0 unspecified atom stereocenters. The monoisotopic (exact) mass is 444 g/mol. The van der Waals surface area contributed by atoms with Gasteiger partial charge in [0.15, 0.2) is 11.6 Å². The second-order valence-electron chi connectivity index (χ2n) is 6.79. The molecule has 3 aromatic rings. The van der Waals surface area contributed by atoms with Crippen LogP contribution in [0.3, 0.4) is 0 Å². The molecule has 0 radical (unpaired) electrons. The Labute approximate surface area is 171 Å². The molecule has 2 aromatic heterocycles. The molecule has 2 fully saturated rings. The van der Waals surface area contributed by atoms with Crippen LogP contribution in [-0.4, -0.2) is 72.1 Å². The normalized spacial score (nSPS) is 18.0. The van der Waals surface area contributed by atoms with Gasteiger partial charge >= 0.3 is 0 Å². The van der Waals surface area contributed by atoms with Crippen molar-refractivity contribution in [2.75, 3.05) is 62.4 Å². The van der Waals surface area contributed by atoms with Crippen molar-refractivity contribution in [2.45, 2.75) is 0 Å². The van der Waals surface area contributed by atoms with Gasteiger partial charge in [0, 0.05) is 26.2 Å². The van der Waals surface area contributed by atoms with Crippen LogP contribution in [0.25, 0.3) is 16.9 Å². The minimum Gasteiger partial charge on any atom is -0.378 e. The molecule has 2 saturated heterocycles. The van der Waals surface area contributed by atoms with E-state index in [4.69, 9.17) is 19.4 Å². The summed E-state index contributed by atoms with van der Waals surface area (Å²) < 4.78 is 13.9. The SMILES string of the molecule is Brc1c(N2CCOCC2)nc(N2CCOCC2)nc1-n1cnc2ccccc21. The topological polar surface area (TPSA) is 68.5 Å². The molecule has 0 N–H and O–H groups in total. The number of ether oxygens (including phenoxy) is 2. The summed E-state index contributed by atoms with van der Waals surface area (Å²) in [5, 5.41) is 0. The zero-order valence-corrected chi connectivity index (χ0v) is 17.0. The Bertz CT molecular complexity index is 982. The van der Waals surface area contributed by atoms with E-state index in [0.29, 0.717) is 26.4 Å². The van der Waals surface area contributed by atoms with E-state index in [1.165, 1.54) is 0 Å². The Kier molecular flexibility index (Phi) is 4.87. The lowest BCUT2D eigenvalue weighted by Gasteiger charge is -2.32. The second-order valence-corrected chi connectivity index (χ2v) is 7.58. The van der Waals surface area contributed by atoms with E-state index >= 15 is 0 Å². The Balaban J connectivity index is 1.66. The van der Waals surface area contributed by atoms with Crippen LogP contribution in [0.5, 0.6) is 0 Å². The maximum Gasteiger partial charge on any atom is 0.229 e. The molecule has 2 aliphatic rings. The van der Waals surface area contributed by atoms with E-state index in [2.05, 4.69) is 36.8 Å². The first-order valence-corrected chi connectivity index (χ1v) is 10.3. The number of hydrogen-bond donors (Lipinski definition) is 0. The number of para-hydroxylation sites is 2. The quantitative estimate of drug-likeness (QED) is 0.613. The maximum absolute atomic E-state index is 5.53. The summed E-state index contributed by atoms with van der Waals surface area (Å²) in [6, 6.07) is 8.07. The van der Waals surface area contributed by atoms with Gasteiger partial charge in [0.2, 0.25) is 5.95 Å². The number of nitrogens with zero attached hydrogens (tertiary/aromatic N) is 6. The number of hydrogen-bond acceptors (Lipinski definition) is 7. The van der Waals surface area contributed by atoms with E-state index in [0.717, 1.165) is 59.3 Å². The number of morpholine rings is 2. The van der Waals surface area contributed by atoms with Crippen molar-refractivity contribution in [3.05, 3.63) is 35.1 Å². The van der Waals surface area contributed by atoms with E-state index < -0.39 is 0 Å². The maximum atomic E-state index is 5.53. The molecule has 4 heterocycles. The summed E-state index contributed by atoms with van der Waals surface area (Å²) in [6.45, 7) is 5.97. The summed E-state index contributed by atoms with van der Waals surface area (Å²) in [6.07, 6.45) is 1.82. The van der Waals surface area contributed by atoms with Crippen molar-refractivity contribution in [3.8, 4) is 5.82 Å². The lowest BCUT2D eigenvalue weighted by Crippen LogP contribution is -2.40. The molecular formula is C19H21BrN6O2. The first kappa shape index (κ1) is 17.8. The molecule has 146 valence electrons. The molecule has 9 heteroatoms. The van der Waals surface area contributed by atoms with Gasteiger partial charge in [-0.25, -0.2) is 4.98 Å². The number of fused-ring (bicyclic) bond motifs is 1. The van der Waals surface area contributed by atoms with Gasteiger partial charge in [-0.2, -0.15) is 9.97 Å². The largest absolute Gasteiger partial charge is 0.378 e. The predicted octanol–water partition coefficient (Wildman–Crippen LogP) is 2.25. The zero-order chi connectivity index (χ0) is 18.9. The number of rotatable bonds is 3. The minimum atomic E-state index is 0.690. The van der Waals surface area contributed by atoms with Crippen LogP contribution >= 0.6 is 15.9 Å². The number of anilines is 2. The first-order valence-electron chi connectivity index (χ1n) is 9.46. The van der Waals surface area contributed by atoms with Crippen LogP contribution < -0.4 is 9.80 Å². The fourth-order valence-electron chi connectivity index (χ4n) is 3.59. The lowest BCUT2D eigenvalue weighted by atomic mass is 10.3. The molecule has 5 rings (SSSR count). The fourth-order valence-corrected chi connectivity index (χ4v) is 4.21. The van der Waals surface area contributed by atoms with Gasteiger partial charge in [0.05, 0.1) is 37.5 Å². The summed E-state index contributed by atoms with van der Waals surface area (Å²) in [4.78, 5) is 18.8. The van der Waals surface area contributed by atoms with Crippen LogP contribution in [0.15, 0.2) is 35.1 Å². The molecule has 0 aliphatic carbocycles. The Morgan fingerprint density at radius 1 is 0.821 bits per heavy atom. The van der Waals surface area contributed by atoms with Gasteiger partial charge in [-0.05, 0) is 28.1 Å². The molecule has 2 aliphatic heterocycles. The molecule has 1 aromatic carbocycles. The van der Waals surface area contributed by atoms with E-state index in [-0.39, 0.29) is 0 Å². The van der Waals surface area contributed by atoms with Crippen molar-refractivity contribution in [1.82, 2.24) is 19.5 Å². The molecular weight excluding hydrogens is 424 g/mol. The highest BCUT2D eigenvalue weighted by Crippen LogP contribution is 2.33. The number of aromatic nitrogens is 4. The van der Waals surface area contributed by atoms with Gasteiger partial charge in [0.1, 0.15) is 10.8 Å².